The van der Waals surface area contributed by atoms with E-state index in [1.54, 1.807) is 0 Å². The van der Waals surface area contributed by atoms with Crippen LogP contribution in [0, 0.1) is 0 Å². The Hall–Kier alpha value is -1.65. The van der Waals surface area contributed by atoms with Gasteiger partial charge in [0.1, 0.15) is 0 Å². The predicted octanol–water partition coefficient (Wildman–Crippen LogP) is 4.45. The molecule has 1 N–H and O–H groups in total. The fourth-order valence-corrected chi connectivity index (χ4v) is 2.67. The van der Waals surface area contributed by atoms with E-state index < -0.39 is 0 Å². The number of ether oxygens (including phenoxy) is 1. The standard InChI is InChI=1S/C19H22BrNO2/c1-14(16-6-4-3-5-7-16)21-12-18(13-23-15(2)22)17-8-10-19(20)11-9-17/h3-11,14,18,21H,12-13H2,1-2H3. The molecule has 3 nitrogen and oxygen atoms in total. The maximum atomic E-state index is 11.1. The van der Waals surface area contributed by atoms with E-state index in [0.717, 1.165) is 16.6 Å². The number of halogens is 1. The molecule has 0 saturated heterocycles. The molecule has 2 aromatic carbocycles. The van der Waals surface area contributed by atoms with Crippen molar-refractivity contribution in [2.75, 3.05) is 13.2 Å². The first-order valence-corrected chi connectivity index (χ1v) is 8.52. The number of hydrogen-bond acceptors (Lipinski definition) is 3. The number of nitrogens with one attached hydrogen (secondary N) is 1. The van der Waals surface area contributed by atoms with Gasteiger partial charge in [0.25, 0.3) is 0 Å². The summed E-state index contributed by atoms with van der Waals surface area (Å²) in [4.78, 5) is 11.1. The van der Waals surface area contributed by atoms with Crippen LogP contribution in [0.15, 0.2) is 59.1 Å². The highest BCUT2D eigenvalue weighted by atomic mass is 79.9. The molecule has 0 saturated carbocycles. The molecule has 0 aromatic heterocycles. The molecule has 2 aromatic rings. The van der Waals surface area contributed by atoms with E-state index in [0.29, 0.717) is 6.61 Å². The van der Waals surface area contributed by atoms with E-state index in [4.69, 9.17) is 4.74 Å². The van der Waals surface area contributed by atoms with E-state index in [1.807, 2.05) is 30.3 Å². The number of esters is 1. The zero-order valence-electron chi connectivity index (χ0n) is 13.5. The zero-order chi connectivity index (χ0) is 16.7. The van der Waals surface area contributed by atoms with E-state index in [2.05, 4.69) is 52.4 Å². The van der Waals surface area contributed by atoms with Gasteiger partial charge < -0.3 is 10.1 Å². The van der Waals surface area contributed by atoms with E-state index in [-0.39, 0.29) is 17.9 Å². The van der Waals surface area contributed by atoms with Crippen LogP contribution in [0.5, 0.6) is 0 Å². The lowest BCUT2D eigenvalue weighted by Crippen LogP contribution is -2.27. The Kier molecular flexibility index (Phi) is 6.81. The molecule has 4 heteroatoms. The number of hydrogen-bond donors (Lipinski definition) is 1. The molecule has 2 unspecified atom stereocenters. The van der Waals surface area contributed by atoms with Crippen LogP contribution in [0.2, 0.25) is 0 Å². The van der Waals surface area contributed by atoms with Crippen LogP contribution in [0.4, 0.5) is 0 Å². The molecule has 0 amide bonds. The van der Waals surface area contributed by atoms with Gasteiger partial charge in [-0.2, -0.15) is 0 Å². The largest absolute Gasteiger partial charge is 0.465 e. The monoisotopic (exact) mass is 375 g/mol. The van der Waals surface area contributed by atoms with Gasteiger partial charge in [-0.3, -0.25) is 4.79 Å². The van der Waals surface area contributed by atoms with Gasteiger partial charge in [0.2, 0.25) is 0 Å². The molecule has 0 spiro atoms. The molecule has 122 valence electrons. The van der Waals surface area contributed by atoms with E-state index >= 15 is 0 Å². The SMILES string of the molecule is CC(=O)OCC(CNC(C)c1ccccc1)c1ccc(Br)cc1. The van der Waals surface area contributed by atoms with Gasteiger partial charge in [-0.1, -0.05) is 58.4 Å². The second kappa shape index (κ2) is 8.85. The zero-order valence-corrected chi connectivity index (χ0v) is 15.0. The number of carbonyl (C=O) groups excluding carboxylic acids is 1. The minimum atomic E-state index is -0.247. The highest BCUT2D eigenvalue weighted by molar-refractivity contribution is 9.10. The van der Waals surface area contributed by atoms with Crippen molar-refractivity contribution in [1.82, 2.24) is 5.32 Å². The molecule has 0 radical (unpaired) electrons. The summed E-state index contributed by atoms with van der Waals surface area (Å²) in [7, 11) is 0. The first kappa shape index (κ1) is 17.7. The molecule has 23 heavy (non-hydrogen) atoms. The molecule has 0 bridgehead atoms. The lowest BCUT2D eigenvalue weighted by molar-refractivity contribution is -0.141. The molecule has 0 aliphatic rings. The molecule has 0 aliphatic carbocycles. The van der Waals surface area contributed by atoms with Crippen molar-refractivity contribution in [3.05, 3.63) is 70.2 Å². The van der Waals surface area contributed by atoms with Crippen LogP contribution >= 0.6 is 15.9 Å². The van der Waals surface area contributed by atoms with Gasteiger partial charge in [0, 0.05) is 29.9 Å². The number of benzene rings is 2. The first-order valence-electron chi connectivity index (χ1n) is 7.73. The third-order valence-corrected chi connectivity index (χ3v) is 4.33. The lowest BCUT2D eigenvalue weighted by Gasteiger charge is -2.21. The van der Waals surface area contributed by atoms with Gasteiger partial charge in [-0.05, 0) is 30.2 Å². The normalized spacial score (nSPS) is 13.3. The third-order valence-electron chi connectivity index (χ3n) is 3.80. The van der Waals surface area contributed by atoms with Gasteiger partial charge >= 0.3 is 5.97 Å². The van der Waals surface area contributed by atoms with Gasteiger partial charge in [0.15, 0.2) is 0 Å². The molecular weight excluding hydrogens is 354 g/mol. The van der Waals surface area contributed by atoms with Crippen LogP contribution in [0.1, 0.15) is 36.9 Å². The fraction of sp³-hybridized carbons (Fsp3) is 0.316. The molecule has 2 rings (SSSR count). The summed E-state index contributed by atoms with van der Waals surface area (Å²) in [6.07, 6.45) is 0. The minimum Gasteiger partial charge on any atom is -0.465 e. The molecule has 0 heterocycles. The number of rotatable bonds is 7. The molecule has 2 atom stereocenters. The molecule has 0 aliphatic heterocycles. The molecule has 0 fully saturated rings. The first-order chi connectivity index (χ1) is 11.1. The van der Waals surface area contributed by atoms with Crippen molar-refractivity contribution < 1.29 is 9.53 Å². The number of carbonyl (C=O) groups is 1. The Balaban J connectivity index is 2.02. The fourth-order valence-electron chi connectivity index (χ4n) is 2.40. The smallest absolute Gasteiger partial charge is 0.302 e. The second-order valence-corrected chi connectivity index (χ2v) is 6.51. The van der Waals surface area contributed by atoms with Crippen molar-refractivity contribution >= 4 is 21.9 Å². The van der Waals surface area contributed by atoms with Crippen molar-refractivity contribution in [3.63, 3.8) is 0 Å². The summed E-state index contributed by atoms with van der Waals surface area (Å²) in [5, 5.41) is 3.53. The predicted molar refractivity (Wildman–Crippen MR) is 96.4 cm³/mol. The van der Waals surface area contributed by atoms with Gasteiger partial charge in [-0.25, -0.2) is 0 Å². The van der Waals surface area contributed by atoms with Crippen LogP contribution in [0.25, 0.3) is 0 Å². The maximum absolute atomic E-state index is 11.1. The molecular formula is C19H22BrNO2. The van der Waals surface area contributed by atoms with Gasteiger partial charge in [-0.15, -0.1) is 0 Å². The summed E-state index contributed by atoms with van der Waals surface area (Å²) in [6.45, 7) is 4.70. The second-order valence-electron chi connectivity index (χ2n) is 5.59. The third kappa shape index (κ3) is 5.81. The average Bonchev–Trinajstić information content (AvgIpc) is 2.56. The summed E-state index contributed by atoms with van der Waals surface area (Å²) < 4.78 is 6.28. The van der Waals surface area contributed by atoms with E-state index in [9.17, 15) is 4.79 Å². The Morgan fingerprint density at radius 1 is 1.09 bits per heavy atom. The van der Waals surface area contributed by atoms with Crippen molar-refractivity contribution in [2.24, 2.45) is 0 Å². The van der Waals surface area contributed by atoms with Crippen molar-refractivity contribution in [1.29, 1.82) is 0 Å². The van der Waals surface area contributed by atoms with E-state index in [1.165, 1.54) is 12.5 Å². The average molecular weight is 376 g/mol. The van der Waals surface area contributed by atoms with Crippen molar-refractivity contribution in [3.8, 4) is 0 Å². The Bertz CT molecular complexity index is 613. The highest BCUT2D eigenvalue weighted by Crippen LogP contribution is 2.20. The Morgan fingerprint density at radius 3 is 2.35 bits per heavy atom. The summed E-state index contributed by atoms with van der Waals surface area (Å²) in [6, 6.07) is 18.7. The maximum Gasteiger partial charge on any atom is 0.302 e. The Labute approximate surface area is 146 Å². The van der Waals surface area contributed by atoms with Crippen molar-refractivity contribution in [2.45, 2.75) is 25.8 Å². The van der Waals surface area contributed by atoms with Crippen LogP contribution in [-0.2, 0) is 9.53 Å². The highest BCUT2D eigenvalue weighted by Gasteiger charge is 2.15. The van der Waals surface area contributed by atoms with Gasteiger partial charge in [0.05, 0.1) is 6.61 Å². The van der Waals surface area contributed by atoms with Crippen LogP contribution in [0.3, 0.4) is 0 Å². The summed E-state index contributed by atoms with van der Waals surface area (Å²) >= 11 is 3.45. The Morgan fingerprint density at radius 2 is 1.74 bits per heavy atom. The topological polar surface area (TPSA) is 38.3 Å². The minimum absolute atomic E-state index is 0.123. The summed E-state index contributed by atoms with van der Waals surface area (Å²) in [5.74, 6) is -0.124. The summed E-state index contributed by atoms with van der Waals surface area (Å²) in [5.41, 5.74) is 2.40. The lowest BCUT2D eigenvalue weighted by atomic mass is 9.99. The van der Waals surface area contributed by atoms with Crippen LogP contribution in [-0.4, -0.2) is 19.1 Å². The quantitative estimate of drug-likeness (QED) is 0.726. The van der Waals surface area contributed by atoms with Crippen LogP contribution < -0.4 is 5.32 Å².